The first-order chi connectivity index (χ1) is 8.20. The Morgan fingerprint density at radius 2 is 2.12 bits per heavy atom. The maximum absolute atomic E-state index is 9.11. The Labute approximate surface area is 115 Å². The second kappa shape index (κ2) is 5.75. The van der Waals surface area contributed by atoms with Crippen molar-refractivity contribution < 1.29 is 0 Å². The molecule has 0 bridgehead atoms. The Bertz CT molecular complexity index is 442. The first-order valence-electron chi connectivity index (χ1n) is 5.82. The minimum absolute atomic E-state index is 0.117. The van der Waals surface area contributed by atoms with Crippen LogP contribution in [0.4, 0.5) is 5.69 Å². The standard InChI is InChI=1S/C13H14BrClN2/c14-11-6-5-10(7-12(11)15)17-13-4-2-1-3-9(13)8-16/h5-7,9,13,17H,1-4H2. The molecule has 17 heavy (non-hydrogen) atoms. The number of nitriles is 1. The molecule has 0 radical (unpaired) electrons. The van der Waals surface area contributed by atoms with Gasteiger partial charge in [-0.3, -0.25) is 0 Å². The van der Waals surface area contributed by atoms with Crippen LogP contribution < -0.4 is 5.32 Å². The minimum atomic E-state index is 0.117. The first kappa shape index (κ1) is 12.7. The fourth-order valence-electron chi connectivity index (χ4n) is 2.26. The van der Waals surface area contributed by atoms with Gasteiger partial charge >= 0.3 is 0 Å². The van der Waals surface area contributed by atoms with Gasteiger partial charge in [-0.2, -0.15) is 5.26 Å². The molecule has 0 aliphatic heterocycles. The highest BCUT2D eigenvalue weighted by molar-refractivity contribution is 9.10. The maximum Gasteiger partial charge on any atom is 0.0677 e. The second-order valence-electron chi connectivity index (χ2n) is 4.40. The van der Waals surface area contributed by atoms with Gasteiger partial charge in [0.15, 0.2) is 0 Å². The highest BCUT2D eigenvalue weighted by atomic mass is 79.9. The van der Waals surface area contributed by atoms with Crippen molar-refractivity contribution in [3.63, 3.8) is 0 Å². The molecule has 0 aromatic heterocycles. The van der Waals surface area contributed by atoms with Crippen LogP contribution in [0.5, 0.6) is 0 Å². The lowest BCUT2D eigenvalue weighted by Crippen LogP contribution is -2.31. The molecule has 1 aromatic rings. The molecule has 1 fully saturated rings. The first-order valence-corrected chi connectivity index (χ1v) is 6.99. The predicted molar refractivity (Wildman–Crippen MR) is 74.1 cm³/mol. The molecule has 1 N–H and O–H groups in total. The molecule has 90 valence electrons. The summed E-state index contributed by atoms with van der Waals surface area (Å²) in [7, 11) is 0. The Morgan fingerprint density at radius 3 is 2.82 bits per heavy atom. The molecular formula is C13H14BrClN2. The van der Waals surface area contributed by atoms with Crippen LogP contribution >= 0.6 is 27.5 Å². The van der Waals surface area contributed by atoms with E-state index in [2.05, 4.69) is 27.3 Å². The van der Waals surface area contributed by atoms with E-state index in [1.807, 2.05) is 18.2 Å². The summed E-state index contributed by atoms with van der Waals surface area (Å²) in [5.74, 6) is 0.117. The van der Waals surface area contributed by atoms with Gasteiger partial charge in [-0.05, 0) is 47.0 Å². The number of hydrogen-bond acceptors (Lipinski definition) is 2. The monoisotopic (exact) mass is 312 g/mol. The van der Waals surface area contributed by atoms with Crippen molar-refractivity contribution in [2.24, 2.45) is 5.92 Å². The zero-order chi connectivity index (χ0) is 12.3. The van der Waals surface area contributed by atoms with Gasteiger partial charge in [0.1, 0.15) is 0 Å². The van der Waals surface area contributed by atoms with E-state index in [0.29, 0.717) is 5.02 Å². The molecule has 2 unspecified atom stereocenters. The fraction of sp³-hybridized carbons (Fsp3) is 0.462. The largest absolute Gasteiger partial charge is 0.381 e. The van der Waals surface area contributed by atoms with Crippen molar-refractivity contribution in [3.05, 3.63) is 27.7 Å². The van der Waals surface area contributed by atoms with Crippen LogP contribution in [0.3, 0.4) is 0 Å². The van der Waals surface area contributed by atoms with Crippen molar-refractivity contribution >= 4 is 33.2 Å². The Hall–Kier alpha value is -0.720. The number of hydrogen-bond donors (Lipinski definition) is 1. The van der Waals surface area contributed by atoms with E-state index in [4.69, 9.17) is 16.9 Å². The van der Waals surface area contributed by atoms with E-state index in [9.17, 15) is 0 Å². The molecule has 1 aliphatic rings. The summed E-state index contributed by atoms with van der Waals surface area (Å²) in [6, 6.07) is 8.46. The van der Waals surface area contributed by atoms with E-state index in [1.54, 1.807) is 0 Å². The summed E-state index contributed by atoms with van der Waals surface area (Å²) in [5, 5.41) is 13.2. The van der Waals surface area contributed by atoms with Crippen molar-refractivity contribution in [2.45, 2.75) is 31.7 Å². The van der Waals surface area contributed by atoms with E-state index >= 15 is 0 Å². The van der Waals surface area contributed by atoms with Crippen LogP contribution in [-0.2, 0) is 0 Å². The van der Waals surface area contributed by atoms with Crippen LogP contribution in [0.1, 0.15) is 25.7 Å². The van der Waals surface area contributed by atoms with Crippen molar-refractivity contribution in [2.75, 3.05) is 5.32 Å². The van der Waals surface area contributed by atoms with Crippen molar-refractivity contribution in [1.29, 1.82) is 5.26 Å². The summed E-state index contributed by atoms with van der Waals surface area (Å²) in [4.78, 5) is 0. The molecule has 2 rings (SSSR count). The van der Waals surface area contributed by atoms with Crippen LogP contribution in [0.15, 0.2) is 22.7 Å². The summed E-state index contributed by atoms with van der Waals surface area (Å²) in [6.07, 6.45) is 4.42. The summed E-state index contributed by atoms with van der Waals surface area (Å²) in [5.41, 5.74) is 0.991. The third kappa shape index (κ3) is 3.14. The van der Waals surface area contributed by atoms with E-state index in [1.165, 1.54) is 6.42 Å². The quantitative estimate of drug-likeness (QED) is 0.866. The zero-order valence-corrected chi connectivity index (χ0v) is 11.8. The average molecular weight is 314 g/mol. The Balaban J connectivity index is 2.09. The molecule has 1 aromatic carbocycles. The number of nitrogens with one attached hydrogen (secondary N) is 1. The Kier molecular flexibility index (Phi) is 4.31. The second-order valence-corrected chi connectivity index (χ2v) is 5.66. The summed E-state index contributed by atoms with van der Waals surface area (Å²) < 4.78 is 0.894. The fourth-order valence-corrected chi connectivity index (χ4v) is 2.69. The normalized spacial score (nSPS) is 24.1. The average Bonchev–Trinajstić information content (AvgIpc) is 2.34. The number of nitrogens with zero attached hydrogens (tertiary/aromatic N) is 1. The molecule has 0 heterocycles. The zero-order valence-electron chi connectivity index (χ0n) is 9.42. The van der Waals surface area contributed by atoms with Crippen LogP contribution in [0.25, 0.3) is 0 Å². The molecule has 2 atom stereocenters. The van der Waals surface area contributed by atoms with Gasteiger partial charge in [-0.25, -0.2) is 0 Å². The third-order valence-corrected chi connectivity index (χ3v) is 4.44. The van der Waals surface area contributed by atoms with Crippen LogP contribution in [0.2, 0.25) is 5.02 Å². The number of benzene rings is 1. The molecule has 0 amide bonds. The molecular weight excluding hydrogens is 300 g/mol. The highest BCUT2D eigenvalue weighted by Gasteiger charge is 2.24. The van der Waals surface area contributed by atoms with E-state index in [0.717, 1.165) is 29.4 Å². The smallest absolute Gasteiger partial charge is 0.0677 e. The third-order valence-electron chi connectivity index (χ3n) is 3.20. The van der Waals surface area contributed by atoms with Gasteiger partial charge in [0, 0.05) is 16.2 Å². The van der Waals surface area contributed by atoms with Gasteiger partial charge in [0.2, 0.25) is 0 Å². The SMILES string of the molecule is N#CC1CCCCC1Nc1ccc(Br)c(Cl)c1. The number of halogens is 2. The Morgan fingerprint density at radius 1 is 1.35 bits per heavy atom. The lowest BCUT2D eigenvalue weighted by Gasteiger charge is -2.28. The minimum Gasteiger partial charge on any atom is -0.381 e. The molecule has 2 nitrogen and oxygen atoms in total. The molecule has 1 saturated carbocycles. The predicted octanol–water partition coefficient (Wildman–Crippen LogP) is 4.60. The van der Waals surface area contributed by atoms with Gasteiger partial charge in [-0.15, -0.1) is 0 Å². The van der Waals surface area contributed by atoms with Crippen molar-refractivity contribution in [1.82, 2.24) is 0 Å². The van der Waals surface area contributed by atoms with Gasteiger partial charge in [0.25, 0.3) is 0 Å². The number of anilines is 1. The van der Waals surface area contributed by atoms with Crippen LogP contribution in [-0.4, -0.2) is 6.04 Å². The van der Waals surface area contributed by atoms with E-state index < -0.39 is 0 Å². The maximum atomic E-state index is 9.11. The highest BCUT2D eigenvalue weighted by Crippen LogP contribution is 2.30. The lowest BCUT2D eigenvalue weighted by atomic mass is 9.85. The van der Waals surface area contributed by atoms with Gasteiger partial charge in [0.05, 0.1) is 17.0 Å². The van der Waals surface area contributed by atoms with Crippen LogP contribution in [0, 0.1) is 17.2 Å². The number of rotatable bonds is 2. The summed E-state index contributed by atoms with van der Waals surface area (Å²) in [6.45, 7) is 0. The lowest BCUT2D eigenvalue weighted by molar-refractivity contribution is 0.389. The van der Waals surface area contributed by atoms with Gasteiger partial charge < -0.3 is 5.32 Å². The van der Waals surface area contributed by atoms with E-state index in [-0.39, 0.29) is 12.0 Å². The van der Waals surface area contributed by atoms with Crippen molar-refractivity contribution in [3.8, 4) is 6.07 Å². The molecule has 0 saturated heterocycles. The topological polar surface area (TPSA) is 35.8 Å². The molecule has 4 heteroatoms. The molecule has 0 spiro atoms. The summed E-state index contributed by atoms with van der Waals surface area (Å²) >= 11 is 9.42. The van der Waals surface area contributed by atoms with Gasteiger partial charge in [-0.1, -0.05) is 24.4 Å². The molecule has 1 aliphatic carbocycles.